The van der Waals surface area contributed by atoms with Crippen LogP contribution in [0.25, 0.3) is 0 Å². The number of rotatable bonds is 5. The fraction of sp³-hybridized carbons (Fsp3) is 0.778. The van der Waals surface area contributed by atoms with Gasteiger partial charge in [0, 0.05) is 12.3 Å². The van der Waals surface area contributed by atoms with E-state index in [1.54, 1.807) is 0 Å². The van der Waals surface area contributed by atoms with Crippen molar-refractivity contribution < 1.29 is 31.5 Å². The van der Waals surface area contributed by atoms with Gasteiger partial charge in [-0.05, 0) is 6.42 Å². The number of carbonyl (C=O) groups is 2. The third kappa shape index (κ3) is 5.15. The molecule has 0 radical (unpaired) electrons. The highest BCUT2D eigenvalue weighted by Gasteiger charge is 2.36. The van der Waals surface area contributed by atoms with Gasteiger partial charge in [0.1, 0.15) is 12.3 Å². The summed E-state index contributed by atoms with van der Waals surface area (Å²) >= 11 is 0. The average Bonchev–Trinajstić information content (AvgIpc) is 2.52. The number of carbonyl (C=O) groups excluding carboxylic acids is 1. The van der Waals surface area contributed by atoms with E-state index >= 15 is 0 Å². The van der Waals surface area contributed by atoms with Gasteiger partial charge in [0.15, 0.2) is 19.7 Å². The van der Waals surface area contributed by atoms with Gasteiger partial charge >= 0.3 is 5.97 Å². The van der Waals surface area contributed by atoms with Crippen LogP contribution in [0.3, 0.4) is 0 Å². The van der Waals surface area contributed by atoms with Crippen molar-refractivity contribution in [1.29, 1.82) is 0 Å². The first kappa shape index (κ1) is 15.9. The molecule has 0 spiro atoms. The van der Waals surface area contributed by atoms with Crippen LogP contribution in [0.2, 0.25) is 0 Å². The summed E-state index contributed by atoms with van der Waals surface area (Å²) < 4.78 is 44.8. The van der Waals surface area contributed by atoms with E-state index < -0.39 is 49.9 Å². The van der Waals surface area contributed by atoms with E-state index in [4.69, 9.17) is 5.11 Å². The Morgan fingerprint density at radius 2 is 1.95 bits per heavy atom. The number of carboxylic acids is 1. The number of nitrogens with zero attached hydrogens (tertiary/aromatic N) is 1. The Hall–Kier alpha value is -1.16. The van der Waals surface area contributed by atoms with E-state index in [1.807, 2.05) is 0 Å². The molecule has 0 aromatic carbocycles. The van der Waals surface area contributed by atoms with E-state index in [2.05, 4.69) is 0 Å². The van der Waals surface area contributed by atoms with E-state index in [9.17, 15) is 26.4 Å². The molecule has 10 heteroatoms. The first-order valence-electron chi connectivity index (χ1n) is 5.39. The first-order chi connectivity index (χ1) is 8.50. The molecule has 0 aliphatic carbocycles. The van der Waals surface area contributed by atoms with Crippen LogP contribution >= 0.6 is 0 Å². The standard InChI is InChI=1S/C9H15NO7S2/c1-18(14,15)6-8(11)10(4-9(12)13)7-2-3-19(16,17)5-7/h7H,2-6H2,1H3,(H,12,13). The van der Waals surface area contributed by atoms with E-state index in [1.165, 1.54) is 0 Å². The van der Waals surface area contributed by atoms with Crippen molar-refractivity contribution in [2.75, 3.05) is 30.1 Å². The molecule has 1 unspecified atom stereocenters. The van der Waals surface area contributed by atoms with Crippen molar-refractivity contribution in [2.24, 2.45) is 0 Å². The van der Waals surface area contributed by atoms with Crippen LogP contribution in [0.5, 0.6) is 0 Å². The van der Waals surface area contributed by atoms with Gasteiger partial charge in [-0.15, -0.1) is 0 Å². The molecule has 8 nitrogen and oxygen atoms in total. The zero-order chi connectivity index (χ0) is 14.8. The molecule has 1 aliphatic rings. The number of hydrogen-bond acceptors (Lipinski definition) is 6. The van der Waals surface area contributed by atoms with Crippen LogP contribution in [-0.4, -0.2) is 74.8 Å². The summed E-state index contributed by atoms with van der Waals surface area (Å²) in [6.07, 6.45) is 0.986. The Kier molecular flexibility index (Phi) is 4.56. The summed E-state index contributed by atoms with van der Waals surface area (Å²) in [5.74, 6) is -3.47. The molecule has 1 aliphatic heterocycles. The molecule has 0 saturated carbocycles. The van der Waals surface area contributed by atoms with Gasteiger partial charge in [-0.1, -0.05) is 0 Å². The van der Waals surface area contributed by atoms with Gasteiger partial charge in [-0.25, -0.2) is 16.8 Å². The lowest BCUT2D eigenvalue weighted by Gasteiger charge is -2.26. The van der Waals surface area contributed by atoms with Gasteiger partial charge in [0.25, 0.3) is 0 Å². The van der Waals surface area contributed by atoms with Crippen molar-refractivity contribution in [3.05, 3.63) is 0 Å². The van der Waals surface area contributed by atoms with Crippen LogP contribution in [0.15, 0.2) is 0 Å². The van der Waals surface area contributed by atoms with Gasteiger partial charge < -0.3 is 10.0 Å². The molecule has 1 fully saturated rings. The third-order valence-corrected chi connectivity index (χ3v) is 5.18. The highest BCUT2D eigenvalue weighted by molar-refractivity contribution is 7.91. The summed E-state index contributed by atoms with van der Waals surface area (Å²) in [6, 6.07) is -0.768. The zero-order valence-corrected chi connectivity index (χ0v) is 11.9. The normalized spacial score (nSPS) is 22.1. The molecule has 0 aromatic heterocycles. The van der Waals surface area contributed by atoms with Gasteiger partial charge in [-0.3, -0.25) is 9.59 Å². The van der Waals surface area contributed by atoms with E-state index in [-0.39, 0.29) is 17.9 Å². The van der Waals surface area contributed by atoms with Crippen molar-refractivity contribution in [2.45, 2.75) is 12.5 Å². The van der Waals surface area contributed by atoms with Gasteiger partial charge in [-0.2, -0.15) is 0 Å². The maximum Gasteiger partial charge on any atom is 0.323 e. The average molecular weight is 313 g/mol. The minimum absolute atomic E-state index is 0.125. The molecule has 110 valence electrons. The Morgan fingerprint density at radius 3 is 2.32 bits per heavy atom. The van der Waals surface area contributed by atoms with Crippen LogP contribution in [0, 0.1) is 0 Å². The topological polar surface area (TPSA) is 126 Å². The smallest absolute Gasteiger partial charge is 0.323 e. The quantitative estimate of drug-likeness (QED) is 0.630. The first-order valence-corrected chi connectivity index (χ1v) is 9.28. The zero-order valence-electron chi connectivity index (χ0n) is 10.3. The van der Waals surface area contributed by atoms with Crippen LogP contribution in [0.4, 0.5) is 0 Å². The number of amides is 1. The number of hydrogen-bond donors (Lipinski definition) is 1. The van der Waals surface area contributed by atoms with Crippen LogP contribution in [-0.2, 0) is 29.3 Å². The van der Waals surface area contributed by atoms with Gasteiger partial charge in [0.2, 0.25) is 5.91 Å². The summed E-state index contributed by atoms with van der Waals surface area (Å²) in [5, 5.41) is 8.73. The fourth-order valence-electron chi connectivity index (χ4n) is 1.90. The summed E-state index contributed by atoms with van der Waals surface area (Å²) in [6.45, 7) is -0.700. The van der Waals surface area contributed by atoms with E-state index in [0.29, 0.717) is 0 Å². The van der Waals surface area contributed by atoms with Crippen molar-refractivity contribution in [3.8, 4) is 0 Å². The maximum atomic E-state index is 11.8. The lowest BCUT2D eigenvalue weighted by Crippen LogP contribution is -2.46. The predicted octanol–water partition coefficient (Wildman–Crippen LogP) is -1.87. The number of sulfone groups is 2. The molecule has 1 rings (SSSR count). The minimum Gasteiger partial charge on any atom is -0.480 e. The molecule has 19 heavy (non-hydrogen) atoms. The maximum absolute atomic E-state index is 11.8. The van der Waals surface area contributed by atoms with Crippen molar-refractivity contribution in [3.63, 3.8) is 0 Å². The molecule has 1 heterocycles. The lowest BCUT2D eigenvalue weighted by atomic mass is 10.2. The highest BCUT2D eigenvalue weighted by Crippen LogP contribution is 2.18. The number of aliphatic carboxylic acids is 1. The molecular formula is C9H15NO7S2. The Balaban J connectivity index is 2.90. The SMILES string of the molecule is CS(=O)(=O)CC(=O)N(CC(=O)O)C1CCS(=O)(=O)C1. The highest BCUT2D eigenvalue weighted by atomic mass is 32.2. The Labute approximate surface area is 111 Å². The Morgan fingerprint density at radius 1 is 1.37 bits per heavy atom. The van der Waals surface area contributed by atoms with Crippen LogP contribution in [0.1, 0.15) is 6.42 Å². The summed E-state index contributed by atoms with van der Waals surface area (Å²) in [5.41, 5.74) is 0. The van der Waals surface area contributed by atoms with Crippen molar-refractivity contribution in [1.82, 2.24) is 4.90 Å². The predicted molar refractivity (Wildman–Crippen MR) is 66.1 cm³/mol. The fourth-order valence-corrected chi connectivity index (χ4v) is 4.24. The monoisotopic (exact) mass is 313 g/mol. The molecule has 0 aromatic rings. The molecule has 1 N–H and O–H groups in total. The third-order valence-electron chi connectivity index (χ3n) is 2.66. The largest absolute Gasteiger partial charge is 0.480 e. The second-order valence-electron chi connectivity index (χ2n) is 4.54. The number of carboxylic acid groups (broad SMARTS) is 1. The second kappa shape index (κ2) is 5.45. The molecule has 1 amide bonds. The Bertz CT molecular complexity index is 578. The van der Waals surface area contributed by atoms with Gasteiger partial charge in [0.05, 0.1) is 11.5 Å². The summed E-state index contributed by atoms with van der Waals surface area (Å²) in [4.78, 5) is 23.3. The minimum atomic E-state index is -3.60. The molecular weight excluding hydrogens is 298 g/mol. The molecule has 1 atom stereocenters. The van der Waals surface area contributed by atoms with Crippen molar-refractivity contribution >= 4 is 31.6 Å². The summed E-state index contributed by atoms with van der Waals surface area (Å²) in [7, 11) is -6.89. The molecule has 1 saturated heterocycles. The van der Waals surface area contributed by atoms with Crippen LogP contribution < -0.4 is 0 Å². The lowest BCUT2D eigenvalue weighted by molar-refractivity contribution is -0.144. The van der Waals surface area contributed by atoms with E-state index in [0.717, 1.165) is 11.2 Å². The molecule has 0 bridgehead atoms. The second-order valence-corrected chi connectivity index (χ2v) is 8.91.